The molecule has 0 radical (unpaired) electrons. The quantitative estimate of drug-likeness (QED) is 0.169. The number of hydrogen-bond acceptors (Lipinski definition) is 5. The second-order valence-corrected chi connectivity index (χ2v) is 9.82. The average molecular weight is 673 g/mol. The van der Waals surface area contributed by atoms with Crippen molar-refractivity contribution in [1.29, 1.82) is 0 Å². The molecule has 5 heteroatoms. The van der Waals surface area contributed by atoms with Crippen molar-refractivity contribution in [2.24, 2.45) is 0 Å². The number of hydrogen-bond donors (Lipinski definition) is 0. The Morgan fingerprint density at radius 2 is 0.900 bits per heavy atom. The van der Waals surface area contributed by atoms with Gasteiger partial charge in [0.15, 0.2) is 17.5 Å². The van der Waals surface area contributed by atoms with Crippen LogP contribution in [-0.4, -0.2) is 15.0 Å². The highest BCUT2D eigenvalue weighted by Crippen LogP contribution is 2.41. The summed E-state index contributed by atoms with van der Waals surface area (Å²) >= 11 is 0. The lowest BCUT2D eigenvalue weighted by Gasteiger charge is -2.25. The summed E-state index contributed by atoms with van der Waals surface area (Å²) in [6, 6.07) is -30.0. The summed E-state index contributed by atoms with van der Waals surface area (Å²) in [6.45, 7) is 0. The molecule has 2 aromatic heterocycles. The van der Waals surface area contributed by atoms with Crippen molar-refractivity contribution in [3.8, 4) is 45.3 Å². The first-order valence-corrected chi connectivity index (χ1v) is 14.2. The van der Waals surface area contributed by atoms with Gasteiger partial charge in [-0.3, -0.25) is 0 Å². The van der Waals surface area contributed by atoms with Crippen LogP contribution in [0.5, 0.6) is 0 Å². The minimum absolute atomic E-state index is 0.376. The van der Waals surface area contributed by atoms with Gasteiger partial charge in [-0.05, 0) is 53.4 Å². The molecule has 0 aliphatic heterocycles. The number of benzene rings is 7. The van der Waals surface area contributed by atoms with Gasteiger partial charge in [-0.2, -0.15) is 0 Å². The van der Waals surface area contributed by atoms with E-state index >= 15 is 0 Å². The van der Waals surface area contributed by atoms with E-state index < -0.39 is 266 Å². The molecule has 0 fully saturated rings. The molecule has 0 aliphatic rings. The van der Waals surface area contributed by atoms with Gasteiger partial charge in [0.05, 0.1) is 41.1 Å². The summed E-state index contributed by atoms with van der Waals surface area (Å²) in [5.74, 6) is -2.53. The fourth-order valence-corrected chi connectivity index (χ4v) is 4.76. The van der Waals surface area contributed by atoms with Gasteiger partial charge >= 0.3 is 0 Å². The fraction of sp³-hybridized carbons (Fsp3) is 0. The van der Waals surface area contributed by atoms with Crippen LogP contribution in [0.4, 0.5) is 17.1 Å². The van der Waals surface area contributed by atoms with Crippen LogP contribution >= 0.6 is 0 Å². The first-order valence-electron chi connectivity index (χ1n) is 29.2. The Bertz CT molecular complexity index is 4100. The lowest BCUT2D eigenvalue weighted by atomic mass is 10.0. The highest BCUT2D eigenvalue weighted by Gasteiger charge is 2.20. The third-order valence-electron chi connectivity index (χ3n) is 6.89. The molecule has 9 rings (SSSR count). The van der Waals surface area contributed by atoms with Crippen molar-refractivity contribution in [1.82, 2.24) is 15.0 Å². The maximum absolute atomic E-state index is 9.73. The smallest absolute Gasteiger partial charge is 0.164 e. The van der Waals surface area contributed by atoms with E-state index in [9.17, 15) is 8.22 Å². The first kappa shape index (κ1) is 11.6. The van der Waals surface area contributed by atoms with Crippen molar-refractivity contribution in [2.45, 2.75) is 0 Å². The Kier molecular flexibility index (Phi) is 2.94. The van der Waals surface area contributed by atoms with Crippen molar-refractivity contribution >= 4 is 39.0 Å². The molecule has 0 unspecified atom stereocenters. The van der Waals surface area contributed by atoms with Gasteiger partial charge in [0.25, 0.3) is 0 Å². The van der Waals surface area contributed by atoms with Gasteiger partial charge in [-0.25, -0.2) is 15.0 Å². The molecular weight excluding hydrogens is 613 g/mol. The zero-order valence-corrected chi connectivity index (χ0v) is 24.7. The van der Waals surface area contributed by atoms with E-state index in [2.05, 4.69) is 15.0 Å². The molecule has 0 saturated heterocycles. The number of para-hydroxylation sites is 1. The molecule has 50 heavy (non-hydrogen) atoms. The highest BCUT2D eigenvalue weighted by molar-refractivity contribution is 6.12. The predicted molar refractivity (Wildman–Crippen MR) is 204 cm³/mol. The summed E-state index contributed by atoms with van der Waals surface area (Å²) in [6.07, 6.45) is 0. The number of anilines is 3. The van der Waals surface area contributed by atoms with E-state index in [0.29, 0.717) is 4.90 Å². The Morgan fingerprint density at radius 1 is 0.400 bits per heavy atom. The number of aromatic nitrogens is 3. The van der Waals surface area contributed by atoms with Crippen LogP contribution in [0.1, 0.15) is 41.1 Å². The molecule has 0 saturated carbocycles. The van der Waals surface area contributed by atoms with Crippen LogP contribution in [0.3, 0.4) is 0 Å². The predicted octanol–water partition coefficient (Wildman–Crippen LogP) is 11.9. The molecule has 7 aromatic carbocycles. The molecule has 0 spiro atoms. The molecule has 9 aromatic rings. The molecule has 0 N–H and O–H groups in total. The second kappa shape index (κ2) is 12.6. The van der Waals surface area contributed by atoms with Gasteiger partial charge in [-0.15, -0.1) is 0 Å². The minimum Gasteiger partial charge on any atom is -0.456 e. The Hall–Kier alpha value is -6.85. The number of fused-ring (bicyclic) bond motifs is 3. The number of rotatable bonds is 7. The largest absolute Gasteiger partial charge is 0.456 e. The van der Waals surface area contributed by atoms with Gasteiger partial charge < -0.3 is 9.32 Å². The van der Waals surface area contributed by atoms with Gasteiger partial charge in [0.1, 0.15) is 11.2 Å². The fourth-order valence-electron chi connectivity index (χ4n) is 4.76. The van der Waals surface area contributed by atoms with Crippen LogP contribution in [0.2, 0.25) is 0 Å². The normalized spacial score (nSPS) is 19.6. The Morgan fingerprint density at radius 3 is 1.52 bits per heavy atom. The van der Waals surface area contributed by atoms with E-state index in [1.807, 2.05) is 0 Å². The van der Waals surface area contributed by atoms with Crippen LogP contribution < -0.4 is 4.90 Å². The van der Waals surface area contributed by atoms with Crippen molar-refractivity contribution in [3.05, 3.63) is 181 Å². The summed E-state index contributed by atoms with van der Waals surface area (Å²) in [4.78, 5) is 13.2. The summed E-state index contributed by atoms with van der Waals surface area (Å²) in [5.41, 5.74) is -8.71. The maximum atomic E-state index is 9.73. The van der Waals surface area contributed by atoms with Gasteiger partial charge in [0.2, 0.25) is 0 Å². The Labute approximate surface area is 331 Å². The standard InChI is InChI=1S/C45H30N4O/c1-5-14-31(15-6-1)32-24-26-36(27-25-32)49(35-20-11-4-12-21-35)37-28-29-38-41(30-37)50-40-23-13-22-39(42(38)40)45-47-43(33-16-7-2-8-17-33)46-44(48-45)34-18-9-3-10-19-34/h1-30H/i1D,2D,3D,4D,5D,6D,7D,8D,9D,10D,11D,12D,13D,14D,15D,16D,17D,18D,19D,20D,21D,22D,23D,24D,25D,26D,27D,28D,29D,30D. The minimum atomic E-state index is -1.21. The van der Waals surface area contributed by atoms with Crippen molar-refractivity contribution in [3.63, 3.8) is 0 Å². The summed E-state index contributed by atoms with van der Waals surface area (Å²) < 4.78 is 269. The van der Waals surface area contributed by atoms with E-state index in [-0.39, 0.29) is 0 Å². The topological polar surface area (TPSA) is 55.1 Å². The van der Waals surface area contributed by atoms with Crippen molar-refractivity contribution < 1.29 is 45.5 Å². The molecule has 0 bridgehead atoms. The Balaban J connectivity index is 1.45. The third-order valence-corrected chi connectivity index (χ3v) is 6.89. The number of nitrogens with zero attached hydrogens (tertiary/aromatic N) is 4. The zero-order valence-electron chi connectivity index (χ0n) is 54.7. The maximum Gasteiger partial charge on any atom is 0.164 e. The molecule has 0 amide bonds. The van der Waals surface area contributed by atoms with E-state index in [4.69, 9.17) is 37.3 Å². The second-order valence-electron chi connectivity index (χ2n) is 9.82. The molecular formula is C45H30N4O. The van der Waals surface area contributed by atoms with E-state index in [1.165, 1.54) is 0 Å². The van der Waals surface area contributed by atoms with E-state index in [0.717, 1.165) is 0 Å². The zero-order chi connectivity index (χ0) is 59.4. The molecule has 236 valence electrons. The van der Waals surface area contributed by atoms with Gasteiger partial charge in [0, 0.05) is 50.6 Å². The highest BCUT2D eigenvalue weighted by atomic mass is 16.3. The molecule has 0 aliphatic carbocycles. The van der Waals surface area contributed by atoms with Crippen LogP contribution in [0.25, 0.3) is 67.2 Å². The summed E-state index contributed by atoms with van der Waals surface area (Å²) in [5, 5.41) is -1.32. The molecule has 5 nitrogen and oxygen atoms in total. The number of furan rings is 1. The monoisotopic (exact) mass is 672 g/mol. The molecule has 2 heterocycles. The van der Waals surface area contributed by atoms with Crippen LogP contribution in [0, 0.1) is 0 Å². The molecule has 0 atom stereocenters. The lowest BCUT2D eigenvalue weighted by Crippen LogP contribution is -2.09. The van der Waals surface area contributed by atoms with Crippen LogP contribution in [0.15, 0.2) is 186 Å². The van der Waals surface area contributed by atoms with Crippen LogP contribution in [-0.2, 0) is 0 Å². The third kappa shape index (κ3) is 5.47. The van der Waals surface area contributed by atoms with Crippen molar-refractivity contribution in [2.75, 3.05) is 4.90 Å². The average Bonchev–Trinajstić information content (AvgIpc) is 3.83. The summed E-state index contributed by atoms with van der Waals surface area (Å²) in [7, 11) is 0. The SMILES string of the molecule is [2H]c1c([2H])c([2H])c(-c2nc(-c3c([2H])c([2H])c([2H])c([2H])c3[2H])nc(-c3c([2H])c([2H])c([2H])c4oc5c([2H])c(N(c6c([2H])c([2H])c([2H])c([2H])c6[2H])c6c([2H])c([2H])c(-c7c([2H])c([2H])c([2H])c([2H])c7[2H])c([2H])c6[2H])c([2H])c([2H])c5c34)n2)c([2H])c1[2H]. The van der Waals surface area contributed by atoms with E-state index in [1.54, 1.807) is 0 Å². The van der Waals surface area contributed by atoms with Gasteiger partial charge in [-0.1, -0.05) is 133 Å². The first-order chi connectivity index (χ1) is 37.3. The lowest BCUT2D eigenvalue weighted by molar-refractivity contribution is 0.669.